The molecule has 0 aromatic heterocycles. The third-order valence-electron chi connectivity index (χ3n) is 4.78. The van der Waals surface area contributed by atoms with E-state index in [4.69, 9.17) is 14.6 Å². The minimum atomic E-state index is -1.31. The van der Waals surface area contributed by atoms with Crippen LogP contribution in [0.4, 0.5) is 4.79 Å². The average molecular weight is 343 g/mol. The SMILES string of the molecule is COc1ccc(C(O)(c2ccccc2)C2CN(C(=O)O)C2)cc1OC. The van der Waals surface area contributed by atoms with Crippen LogP contribution in [0.2, 0.25) is 0 Å². The lowest BCUT2D eigenvalue weighted by molar-refractivity contribution is -0.0546. The molecule has 1 fully saturated rings. The van der Waals surface area contributed by atoms with Crippen molar-refractivity contribution in [2.24, 2.45) is 5.92 Å². The van der Waals surface area contributed by atoms with Gasteiger partial charge in [-0.15, -0.1) is 0 Å². The Kier molecular flexibility index (Phi) is 4.55. The quantitative estimate of drug-likeness (QED) is 0.872. The predicted octanol–water partition coefficient (Wildman–Crippen LogP) is 2.55. The first-order chi connectivity index (χ1) is 12.0. The molecule has 25 heavy (non-hydrogen) atoms. The minimum absolute atomic E-state index is 0.246. The third-order valence-corrected chi connectivity index (χ3v) is 4.78. The zero-order chi connectivity index (χ0) is 18.0. The van der Waals surface area contributed by atoms with E-state index in [2.05, 4.69) is 0 Å². The van der Waals surface area contributed by atoms with Gasteiger partial charge in [-0.05, 0) is 23.3 Å². The molecular formula is C19H21NO5. The molecule has 6 heteroatoms. The van der Waals surface area contributed by atoms with Crippen molar-refractivity contribution < 1.29 is 24.5 Å². The highest BCUT2D eigenvalue weighted by atomic mass is 16.5. The molecule has 1 amide bonds. The Morgan fingerprint density at radius 3 is 2.24 bits per heavy atom. The summed E-state index contributed by atoms with van der Waals surface area (Å²) in [7, 11) is 3.09. The second-order valence-corrected chi connectivity index (χ2v) is 6.09. The van der Waals surface area contributed by atoms with Gasteiger partial charge in [0.15, 0.2) is 11.5 Å². The minimum Gasteiger partial charge on any atom is -0.493 e. The summed E-state index contributed by atoms with van der Waals surface area (Å²) in [6, 6.07) is 14.6. The normalized spacial score (nSPS) is 16.7. The van der Waals surface area contributed by atoms with Gasteiger partial charge >= 0.3 is 6.09 Å². The zero-order valence-corrected chi connectivity index (χ0v) is 14.2. The molecule has 1 aliphatic rings. The summed E-state index contributed by atoms with van der Waals surface area (Å²) in [6.45, 7) is 0.546. The van der Waals surface area contributed by atoms with Crippen molar-refractivity contribution in [3.8, 4) is 11.5 Å². The van der Waals surface area contributed by atoms with E-state index in [1.54, 1.807) is 32.4 Å². The monoisotopic (exact) mass is 343 g/mol. The van der Waals surface area contributed by atoms with Crippen LogP contribution in [0, 0.1) is 5.92 Å². The fraction of sp³-hybridized carbons (Fsp3) is 0.316. The van der Waals surface area contributed by atoms with Crippen molar-refractivity contribution in [2.75, 3.05) is 27.3 Å². The Hall–Kier alpha value is -2.73. The molecule has 0 aliphatic carbocycles. The van der Waals surface area contributed by atoms with Crippen LogP contribution in [0.25, 0.3) is 0 Å². The van der Waals surface area contributed by atoms with Gasteiger partial charge in [0.2, 0.25) is 0 Å². The van der Waals surface area contributed by atoms with Gasteiger partial charge in [0.05, 0.1) is 14.2 Å². The summed E-state index contributed by atoms with van der Waals surface area (Å²) in [5, 5.41) is 20.8. The van der Waals surface area contributed by atoms with Crippen LogP contribution < -0.4 is 9.47 Å². The highest BCUT2D eigenvalue weighted by molar-refractivity contribution is 5.66. The van der Waals surface area contributed by atoms with Crippen molar-refractivity contribution in [3.05, 3.63) is 59.7 Å². The molecule has 6 nitrogen and oxygen atoms in total. The molecule has 0 bridgehead atoms. The number of carboxylic acid groups (broad SMARTS) is 1. The third kappa shape index (κ3) is 2.89. The van der Waals surface area contributed by atoms with Crippen molar-refractivity contribution in [2.45, 2.75) is 5.60 Å². The van der Waals surface area contributed by atoms with E-state index in [1.165, 1.54) is 4.90 Å². The van der Waals surface area contributed by atoms with E-state index < -0.39 is 11.7 Å². The van der Waals surface area contributed by atoms with E-state index >= 15 is 0 Å². The summed E-state index contributed by atoms with van der Waals surface area (Å²) in [6.07, 6.45) is -0.973. The Labute approximate surface area is 146 Å². The molecular weight excluding hydrogens is 322 g/mol. The van der Waals surface area contributed by atoms with Crippen LogP contribution in [0.1, 0.15) is 11.1 Å². The van der Waals surface area contributed by atoms with Gasteiger partial charge < -0.3 is 24.6 Å². The van der Waals surface area contributed by atoms with Gasteiger partial charge in [0, 0.05) is 19.0 Å². The Balaban J connectivity index is 2.05. The van der Waals surface area contributed by atoms with Gasteiger partial charge in [0.1, 0.15) is 5.60 Å². The Morgan fingerprint density at radius 1 is 1.04 bits per heavy atom. The maximum atomic E-state index is 11.6. The van der Waals surface area contributed by atoms with Crippen molar-refractivity contribution in [1.29, 1.82) is 0 Å². The predicted molar refractivity (Wildman–Crippen MR) is 92.1 cm³/mol. The number of aliphatic hydroxyl groups is 1. The fourth-order valence-electron chi connectivity index (χ4n) is 3.30. The molecule has 0 radical (unpaired) electrons. The maximum Gasteiger partial charge on any atom is 0.407 e. The molecule has 2 N–H and O–H groups in total. The molecule has 1 aliphatic heterocycles. The van der Waals surface area contributed by atoms with Crippen molar-refractivity contribution >= 4 is 6.09 Å². The van der Waals surface area contributed by atoms with E-state index in [-0.39, 0.29) is 19.0 Å². The van der Waals surface area contributed by atoms with Crippen LogP contribution in [0.3, 0.4) is 0 Å². The molecule has 132 valence electrons. The first-order valence-corrected chi connectivity index (χ1v) is 7.99. The van der Waals surface area contributed by atoms with Crippen LogP contribution in [-0.2, 0) is 5.60 Å². The van der Waals surface area contributed by atoms with Gasteiger partial charge in [-0.3, -0.25) is 0 Å². The summed E-state index contributed by atoms with van der Waals surface area (Å²) < 4.78 is 10.6. The zero-order valence-electron chi connectivity index (χ0n) is 14.2. The van der Waals surface area contributed by atoms with Crippen LogP contribution in [0.5, 0.6) is 11.5 Å². The van der Waals surface area contributed by atoms with Crippen molar-refractivity contribution in [3.63, 3.8) is 0 Å². The molecule has 3 rings (SSSR count). The topological polar surface area (TPSA) is 79.2 Å². The summed E-state index contributed by atoms with van der Waals surface area (Å²) in [5.41, 5.74) is 0.0518. The number of carbonyl (C=O) groups is 1. The number of amides is 1. The van der Waals surface area contributed by atoms with Gasteiger partial charge in [-0.25, -0.2) is 4.79 Å². The van der Waals surface area contributed by atoms with Gasteiger partial charge in [-0.2, -0.15) is 0 Å². The first kappa shape index (κ1) is 17.1. The van der Waals surface area contributed by atoms with Gasteiger partial charge in [0.25, 0.3) is 0 Å². The number of methoxy groups -OCH3 is 2. The lowest BCUT2D eigenvalue weighted by atomic mass is 9.72. The number of likely N-dealkylation sites (tertiary alicyclic amines) is 1. The van der Waals surface area contributed by atoms with E-state index in [1.807, 2.05) is 30.3 Å². The van der Waals surface area contributed by atoms with E-state index in [9.17, 15) is 9.90 Å². The first-order valence-electron chi connectivity index (χ1n) is 7.99. The van der Waals surface area contributed by atoms with E-state index in [0.29, 0.717) is 17.1 Å². The molecule has 0 saturated carbocycles. The maximum absolute atomic E-state index is 11.6. The molecule has 0 spiro atoms. The van der Waals surface area contributed by atoms with Crippen molar-refractivity contribution in [1.82, 2.24) is 4.90 Å². The second-order valence-electron chi connectivity index (χ2n) is 6.09. The number of ether oxygens (including phenoxy) is 2. The Morgan fingerprint density at radius 2 is 1.68 bits per heavy atom. The van der Waals surface area contributed by atoms with Crippen LogP contribution in [0.15, 0.2) is 48.5 Å². The molecule has 1 saturated heterocycles. The number of benzene rings is 2. The highest BCUT2D eigenvalue weighted by Gasteiger charge is 2.48. The number of hydrogen-bond donors (Lipinski definition) is 2. The molecule has 1 heterocycles. The largest absolute Gasteiger partial charge is 0.493 e. The smallest absolute Gasteiger partial charge is 0.407 e. The summed E-state index contributed by atoms with van der Waals surface area (Å²) in [5.74, 6) is 0.843. The lowest BCUT2D eigenvalue weighted by Crippen LogP contribution is -2.58. The number of rotatable bonds is 5. The fourth-order valence-corrected chi connectivity index (χ4v) is 3.30. The molecule has 1 atom stereocenters. The highest BCUT2D eigenvalue weighted by Crippen LogP contribution is 2.43. The van der Waals surface area contributed by atoms with Crippen LogP contribution >= 0.6 is 0 Å². The lowest BCUT2D eigenvalue weighted by Gasteiger charge is -2.47. The molecule has 2 aromatic carbocycles. The Bertz CT molecular complexity index is 758. The number of nitrogens with zero attached hydrogens (tertiary/aromatic N) is 1. The van der Waals surface area contributed by atoms with Gasteiger partial charge in [-0.1, -0.05) is 36.4 Å². The summed E-state index contributed by atoms with van der Waals surface area (Å²) in [4.78, 5) is 12.4. The standard InChI is InChI=1S/C19H21NO5/c1-24-16-9-8-14(10-17(16)25-2)19(23,13-6-4-3-5-7-13)15-11-20(12-15)18(21)22/h3-10,15,23H,11-12H2,1-2H3,(H,21,22). The van der Waals surface area contributed by atoms with E-state index in [0.717, 1.165) is 5.56 Å². The molecule has 2 aromatic rings. The van der Waals surface area contributed by atoms with Crippen LogP contribution in [-0.4, -0.2) is 48.5 Å². The molecule has 1 unspecified atom stereocenters. The second kappa shape index (κ2) is 6.64. The number of hydrogen-bond acceptors (Lipinski definition) is 4. The summed E-state index contributed by atoms with van der Waals surface area (Å²) >= 11 is 0. The average Bonchev–Trinajstić information content (AvgIpc) is 2.60.